The van der Waals surface area contributed by atoms with Gasteiger partial charge in [0.15, 0.2) is 0 Å². The zero-order chi connectivity index (χ0) is 13.9. The molecule has 1 aliphatic heterocycles. The highest BCUT2D eigenvalue weighted by Crippen LogP contribution is 2.37. The summed E-state index contributed by atoms with van der Waals surface area (Å²) in [6.45, 7) is 2.40. The molecule has 5 heteroatoms. The van der Waals surface area contributed by atoms with Crippen LogP contribution in [0.1, 0.15) is 25.7 Å². The van der Waals surface area contributed by atoms with Crippen molar-refractivity contribution in [1.29, 1.82) is 0 Å². The van der Waals surface area contributed by atoms with E-state index in [4.69, 9.17) is 19.9 Å². The Morgan fingerprint density at radius 3 is 2.16 bits per heavy atom. The van der Waals surface area contributed by atoms with Gasteiger partial charge in [-0.1, -0.05) is 12.8 Å². The van der Waals surface area contributed by atoms with Crippen molar-refractivity contribution in [3.63, 3.8) is 0 Å². The summed E-state index contributed by atoms with van der Waals surface area (Å²) in [6.07, 6.45) is 5.15. The molecule has 0 bridgehead atoms. The fourth-order valence-electron chi connectivity index (χ4n) is 3.81. The number of nitrogens with zero attached hydrogens (tertiary/aromatic N) is 1. The second-order valence-corrected chi connectivity index (χ2v) is 5.73. The molecule has 0 aromatic heterocycles. The Balaban J connectivity index is 2.16. The average molecular weight is 272 g/mol. The fraction of sp³-hybridized carbons (Fsp3) is 1.00. The van der Waals surface area contributed by atoms with Crippen molar-refractivity contribution < 1.29 is 14.2 Å². The zero-order valence-corrected chi connectivity index (χ0v) is 12.4. The van der Waals surface area contributed by atoms with Gasteiger partial charge in [-0.05, 0) is 12.8 Å². The molecule has 2 fully saturated rings. The summed E-state index contributed by atoms with van der Waals surface area (Å²) in [4.78, 5) is 2.45. The molecular formula is C14H28N2O3. The maximum atomic E-state index is 6.15. The molecule has 1 heterocycles. The van der Waals surface area contributed by atoms with Gasteiger partial charge in [-0.15, -0.1) is 0 Å². The third-order valence-electron chi connectivity index (χ3n) is 5.01. The Morgan fingerprint density at radius 1 is 1.05 bits per heavy atom. The predicted octanol–water partition coefficient (Wildman–Crippen LogP) is 0.619. The first kappa shape index (κ1) is 15.2. The van der Waals surface area contributed by atoms with Crippen molar-refractivity contribution in [3.8, 4) is 0 Å². The van der Waals surface area contributed by atoms with Gasteiger partial charge < -0.3 is 19.9 Å². The van der Waals surface area contributed by atoms with E-state index >= 15 is 0 Å². The highest BCUT2D eigenvalue weighted by molar-refractivity contribution is 5.05. The Labute approximate surface area is 116 Å². The number of rotatable bonds is 5. The smallest absolute Gasteiger partial charge is 0.0972 e. The van der Waals surface area contributed by atoms with E-state index in [1.807, 2.05) is 0 Å². The highest BCUT2D eigenvalue weighted by atomic mass is 16.5. The second-order valence-electron chi connectivity index (χ2n) is 5.73. The summed E-state index contributed by atoms with van der Waals surface area (Å²) in [5, 5.41) is 0. The minimum Gasteiger partial charge on any atom is -0.379 e. The van der Waals surface area contributed by atoms with Gasteiger partial charge in [0.05, 0.1) is 23.9 Å². The van der Waals surface area contributed by atoms with E-state index in [9.17, 15) is 0 Å². The number of hydrogen-bond donors (Lipinski definition) is 1. The maximum Gasteiger partial charge on any atom is 0.0972 e. The Bertz CT molecular complexity index is 278. The van der Waals surface area contributed by atoms with E-state index in [0.717, 1.165) is 25.9 Å². The highest BCUT2D eigenvalue weighted by Gasteiger charge is 2.49. The standard InChI is InChI=1S/C14H28N2O3/c1-17-11-8-16(9-12(11)18-2)14(10-15)7-5-4-6-13(14)19-3/h11-13H,4-10,15H2,1-3H3. The second kappa shape index (κ2) is 6.50. The summed E-state index contributed by atoms with van der Waals surface area (Å²) in [7, 11) is 5.31. The topological polar surface area (TPSA) is 57.0 Å². The lowest BCUT2D eigenvalue weighted by Crippen LogP contribution is -2.62. The minimum atomic E-state index is -0.0446. The molecule has 1 aliphatic carbocycles. The van der Waals surface area contributed by atoms with Crippen LogP contribution in [0.15, 0.2) is 0 Å². The molecule has 4 unspecified atom stereocenters. The third-order valence-corrected chi connectivity index (χ3v) is 5.01. The van der Waals surface area contributed by atoms with Crippen LogP contribution in [0.5, 0.6) is 0 Å². The van der Waals surface area contributed by atoms with Crippen LogP contribution in [0.2, 0.25) is 0 Å². The fourth-order valence-corrected chi connectivity index (χ4v) is 3.81. The molecule has 2 rings (SSSR count). The largest absolute Gasteiger partial charge is 0.379 e. The summed E-state index contributed by atoms with van der Waals surface area (Å²) in [5.74, 6) is 0. The van der Waals surface area contributed by atoms with Crippen molar-refractivity contribution in [1.82, 2.24) is 4.90 Å². The summed E-state index contributed by atoms with van der Waals surface area (Å²) in [5.41, 5.74) is 6.11. The minimum absolute atomic E-state index is 0.0446. The summed E-state index contributed by atoms with van der Waals surface area (Å²) < 4.78 is 16.8. The number of likely N-dealkylation sites (tertiary alicyclic amines) is 1. The van der Waals surface area contributed by atoms with Gasteiger partial charge in [-0.25, -0.2) is 0 Å². The van der Waals surface area contributed by atoms with Gasteiger partial charge in [0, 0.05) is 41.0 Å². The molecule has 19 heavy (non-hydrogen) atoms. The number of nitrogens with two attached hydrogens (primary N) is 1. The van der Waals surface area contributed by atoms with Crippen LogP contribution < -0.4 is 5.73 Å². The average Bonchev–Trinajstić information content (AvgIpc) is 2.90. The predicted molar refractivity (Wildman–Crippen MR) is 74.2 cm³/mol. The third kappa shape index (κ3) is 2.67. The van der Waals surface area contributed by atoms with E-state index in [2.05, 4.69) is 4.90 Å². The zero-order valence-electron chi connectivity index (χ0n) is 12.4. The molecule has 5 nitrogen and oxygen atoms in total. The van der Waals surface area contributed by atoms with Crippen molar-refractivity contribution in [2.75, 3.05) is 41.0 Å². The molecular weight excluding hydrogens is 244 g/mol. The van der Waals surface area contributed by atoms with Gasteiger partial charge in [-0.2, -0.15) is 0 Å². The van der Waals surface area contributed by atoms with Crippen LogP contribution in [0.3, 0.4) is 0 Å². The van der Waals surface area contributed by atoms with Gasteiger partial charge in [0.1, 0.15) is 0 Å². The Hall–Kier alpha value is -0.200. The van der Waals surface area contributed by atoms with Crippen LogP contribution in [0.25, 0.3) is 0 Å². The first-order valence-electron chi connectivity index (χ1n) is 7.25. The lowest BCUT2D eigenvalue weighted by atomic mass is 9.77. The molecule has 2 N–H and O–H groups in total. The SMILES string of the molecule is COC1CN(C2(CN)CCCCC2OC)CC1OC. The molecule has 2 aliphatic rings. The maximum absolute atomic E-state index is 6.15. The van der Waals surface area contributed by atoms with Crippen molar-refractivity contribution in [3.05, 3.63) is 0 Å². The van der Waals surface area contributed by atoms with Crippen LogP contribution in [0.4, 0.5) is 0 Å². The summed E-state index contributed by atoms with van der Waals surface area (Å²) in [6, 6.07) is 0. The lowest BCUT2D eigenvalue weighted by Gasteiger charge is -2.48. The number of hydrogen-bond acceptors (Lipinski definition) is 5. The van der Waals surface area contributed by atoms with Gasteiger partial charge in [0.2, 0.25) is 0 Å². The van der Waals surface area contributed by atoms with Crippen molar-refractivity contribution >= 4 is 0 Å². The summed E-state index contributed by atoms with van der Waals surface area (Å²) >= 11 is 0. The molecule has 4 atom stereocenters. The number of methoxy groups -OCH3 is 3. The quantitative estimate of drug-likeness (QED) is 0.795. The van der Waals surface area contributed by atoms with E-state index in [-0.39, 0.29) is 23.9 Å². The van der Waals surface area contributed by atoms with Gasteiger partial charge in [-0.3, -0.25) is 4.90 Å². The van der Waals surface area contributed by atoms with E-state index < -0.39 is 0 Å². The Morgan fingerprint density at radius 2 is 1.68 bits per heavy atom. The van der Waals surface area contributed by atoms with E-state index in [1.165, 1.54) is 12.8 Å². The molecule has 0 aromatic rings. The van der Waals surface area contributed by atoms with Crippen LogP contribution >= 0.6 is 0 Å². The molecule has 0 aromatic carbocycles. The van der Waals surface area contributed by atoms with Crippen LogP contribution in [-0.2, 0) is 14.2 Å². The first-order chi connectivity index (χ1) is 9.21. The monoisotopic (exact) mass is 272 g/mol. The normalized spacial score (nSPS) is 40.7. The molecule has 1 saturated carbocycles. The van der Waals surface area contributed by atoms with Crippen molar-refractivity contribution in [2.45, 2.75) is 49.5 Å². The molecule has 112 valence electrons. The van der Waals surface area contributed by atoms with E-state index in [1.54, 1.807) is 21.3 Å². The molecule has 0 amide bonds. The van der Waals surface area contributed by atoms with Gasteiger partial charge in [0.25, 0.3) is 0 Å². The molecule has 0 spiro atoms. The lowest BCUT2D eigenvalue weighted by molar-refractivity contribution is -0.0720. The van der Waals surface area contributed by atoms with Crippen LogP contribution in [-0.4, -0.2) is 69.7 Å². The van der Waals surface area contributed by atoms with Crippen LogP contribution in [0, 0.1) is 0 Å². The van der Waals surface area contributed by atoms with Gasteiger partial charge >= 0.3 is 0 Å². The van der Waals surface area contributed by atoms with Crippen molar-refractivity contribution in [2.24, 2.45) is 5.73 Å². The first-order valence-corrected chi connectivity index (χ1v) is 7.25. The molecule has 0 radical (unpaired) electrons. The Kier molecular flexibility index (Phi) is 5.20. The number of ether oxygens (including phenoxy) is 3. The van der Waals surface area contributed by atoms with E-state index in [0.29, 0.717) is 6.54 Å². The molecule has 1 saturated heterocycles.